The highest BCUT2D eigenvalue weighted by Crippen LogP contribution is 2.29. The second-order valence-corrected chi connectivity index (χ2v) is 5.59. The van der Waals surface area contributed by atoms with Gasteiger partial charge in [-0.2, -0.15) is 0 Å². The zero-order chi connectivity index (χ0) is 14.9. The van der Waals surface area contributed by atoms with Crippen molar-refractivity contribution in [1.29, 1.82) is 0 Å². The minimum Gasteiger partial charge on any atom is -0.457 e. The molecule has 0 saturated heterocycles. The van der Waals surface area contributed by atoms with Crippen molar-refractivity contribution >= 4 is 17.2 Å². The summed E-state index contributed by atoms with van der Waals surface area (Å²) in [7, 11) is 0. The molecule has 2 aromatic rings. The molecule has 0 bridgehead atoms. The zero-order valence-electron chi connectivity index (χ0n) is 12.3. The van der Waals surface area contributed by atoms with Crippen LogP contribution in [0.1, 0.15) is 27.8 Å². The molecule has 104 valence electrons. The molecule has 2 nitrogen and oxygen atoms in total. The standard InChI is InChI=1S/C17H19NOS/c1-10-7-11(2)13(4)16(8-10)19-14-5-6-15(17(18)20)12(3)9-14/h5-9H,1-4H3,(H2,18,20). The van der Waals surface area contributed by atoms with Crippen molar-refractivity contribution in [3.8, 4) is 11.5 Å². The average Bonchev–Trinajstić information content (AvgIpc) is 2.35. The molecule has 0 unspecified atom stereocenters. The summed E-state index contributed by atoms with van der Waals surface area (Å²) in [6, 6.07) is 9.98. The van der Waals surface area contributed by atoms with Crippen LogP contribution in [0, 0.1) is 27.7 Å². The first-order chi connectivity index (χ1) is 9.38. The first-order valence-corrected chi connectivity index (χ1v) is 6.95. The molecule has 0 heterocycles. The molecule has 0 aliphatic heterocycles. The summed E-state index contributed by atoms with van der Waals surface area (Å²) in [6.07, 6.45) is 0. The van der Waals surface area contributed by atoms with Crippen LogP contribution in [0.25, 0.3) is 0 Å². The number of thiocarbonyl (C=S) groups is 1. The van der Waals surface area contributed by atoms with Crippen LogP contribution in [0.5, 0.6) is 11.5 Å². The first kappa shape index (κ1) is 14.5. The molecule has 0 atom stereocenters. The second kappa shape index (κ2) is 5.63. The smallest absolute Gasteiger partial charge is 0.130 e. The van der Waals surface area contributed by atoms with Gasteiger partial charge >= 0.3 is 0 Å². The minimum atomic E-state index is 0.414. The molecule has 3 heteroatoms. The Kier molecular flexibility index (Phi) is 4.09. The van der Waals surface area contributed by atoms with Crippen LogP contribution in [0.4, 0.5) is 0 Å². The van der Waals surface area contributed by atoms with E-state index >= 15 is 0 Å². The van der Waals surface area contributed by atoms with Crippen LogP contribution in [0.3, 0.4) is 0 Å². The van der Waals surface area contributed by atoms with E-state index in [2.05, 4.69) is 32.9 Å². The van der Waals surface area contributed by atoms with Crippen molar-refractivity contribution in [3.05, 3.63) is 58.1 Å². The van der Waals surface area contributed by atoms with Gasteiger partial charge in [0.2, 0.25) is 0 Å². The molecule has 0 aliphatic rings. The maximum absolute atomic E-state index is 6.00. The van der Waals surface area contributed by atoms with E-state index in [9.17, 15) is 0 Å². The van der Waals surface area contributed by atoms with Gasteiger partial charge in [-0.3, -0.25) is 0 Å². The van der Waals surface area contributed by atoms with Crippen LogP contribution < -0.4 is 10.5 Å². The summed E-state index contributed by atoms with van der Waals surface area (Å²) >= 11 is 5.01. The van der Waals surface area contributed by atoms with Gasteiger partial charge in [0.25, 0.3) is 0 Å². The van der Waals surface area contributed by atoms with E-state index in [1.54, 1.807) is 0 Å². The van der Waals surface area contributed by atoms with Crippen molar-refractivity contribution in [2.75, 3.05) is 0 Å². The molecule has 0 aliphatic carbocycles. The second-order valence-electron chi connectivity index (χ2n) is 5.15. The van der Waals surface area contributed by atoms with Crippen LogP contribution in [-0.2, 0) is 0 Å². The van der Waals surface area contributed by atoms with Gasteiger partial charge in [-0.1, -0.05) is 18.3 Å². The fourth-order valence-corrected chi connectivity index (χ4v) is 2.44. The third-order valence-corrected chi connectivity index (χ3v) is 3.68. The van der Waals surface area contributed by atoms with E-state index in [1.807, 2.05) is 25.1 Å². The molecule has 0 spiro atoms. The fraction of sp³-hybridized carbons (Fsp3) is 0.235. The van der Waals surface area contributed by atoms with Gasteiger partial charge in [-0.25, -0.2) is 0 Å². The highest BCUT2D eigenvalue weighted by molar-refractivity contribution is 7.80. The number of benzene rings is 2. The molecule has 0 aromatic heterocycles. The van der Waals surface area contributed by atoms with E-state index < -0.39 is 0 Å². The summed E-state index contributed by atoms with van der Waals surface area (Å²) in [6.45, 7) is 8.22. The van der Waals surface area contributed by atoms with E-state index in [-0.39, 0.29) is 0 Å². The normalized spacial score (nSPS) is 10.4. The number of aryl methyl sites for hydroxylation is 3. The maximum Gasteiger partial charge on any atom is 0.130 e. The summed E-state index contributed by atoms with van der Waals surface area (Å²) in [5.74, 6) is 1.69. The quantitative estimate of drug-likeness (QED) is 0.852. The Bertz CT molecular complexity index is 677. The molecule has 0 saturated carbocycles. The monoisotopic (exact) mass is 285 g/mol. The minimum absolute atomic E-state index is 0.414. The Balaban J connectivity index is 2.36. The Morgan fingerprint density at radius 1 is 1.00 bits per heavy atom. The van der Waals surface area contributed by atoms with Gasteiger partial charge in [0, 0.05) is 5.56 Å². The molecule has 0 amide bonds. The number of ether oxygens (including phenoxy) is 1. The van der Waals surface area contributed by atoms with Crippen molar-refractivity contribution < 1.29 is 4.74 Å². The lowest BCUT2D eigenvalue weighted by atomic mass is 10.1. The number of nitrogens with two attached hydrogens (primary N) is 1. The van der Waals surface area contributed by atoms with Crippen molar-refractivity contribution in [3.63, 3.8) is 0 Å². The number of rotatable bonds is 3. The van der Waals surface area contributed by atoms with Crippen molar-refractivity contribution in [2.24, 2.45) is 5.73 Å². The van der Waals surface area contributed by atoms with Crippen molar-refractivity contribution in [1.82, 2.24) is 0 Å². The number of hydrogen-bond donors (Lipinski definition) is 1. The third kappa shape index (κ3) is 2.99. The fourth-order valence-electron chi connectivity index (χ4n) is 2.21. The summed E-state index contributed by atoms with van der Waals surface area (Å²) < 4.78 is 6.00. The molecule has 2 aromatic carbocycles. The summed E-state index contributed by atoms with van der Waals surface area (Å²) in [5, 5.41) is 0. The Hall–Kier alpha value is -1.87. The predicted octanol–water partition coefficient (Wildman–Crippen LogP) is 4.35. The van der Waals surface area contributed by atoms with Crippen LogP contribution in [0.15, 0.2) is 30.3 Å². The van der Waals surface area contributed by atoms with E-state index in [0.29, 0.717) is 4.99 Å². The number of hydrogen-bond acceptors (Lipinski definition) is 2. The summed E-state index contributed by atoms with van der Waals surface area (Å²) in [5.41, 5.74) is 11.2. The van der Waals surface area contributed by atoms with Gasteiger partial charge in [-0.15, -0.1) is 0 Å². The summed E-state index contributed by atoms with van der Waals surface area (Å²) in [4.78, 5) is 0.414. The largest absolute Gasteiger partial charge is 0.457 e. The Labute approximate surface area is 125 Å². The van der Waals surface area contributed by atoms with Crippen LogP contribution in [-0.4, -0.2) is 4.99 Å². The molecule has 0 radical (unpaired) electrons. The third-order valence-electron chi connectivity index (χ3n) is 3.46. The lowest BCUT2D eigenvalue weighted by molar-refractivity contribution is 0.477. The molecule has 2 N–H and O–H groups in total. The first-order valence-electron chi connectivity index (χ1n) is 6.54. The van der Waals surface area contributed by atoms with E-state index in [4.69, 9.17) is 22.7 Å². The molecule has 2 rings (SSSR count). The van der Waals surface area contributed by atoms with Gasteiger partial charge in [0.05, 0.1) is 0 Å². The van der Waals surface area contributed by atoms with Gasteiger partial charge in [-0.05, 0) is 74.2 Å². The SMILES string of the molecule is Cc1cc(C)c(C)c(Oc2ccc(C(N)=S)c(C)c2)c1. The highest BCUT2D eigenvalue weighted by Gasteiger charge is 2.07. The predicted molar refractivity (Wildman–Crippen MR) is 87.8 cm³/mol. The molecule has 20 heavy (non-hydrogen) atoms. The molecule has 0 fully saturated rings. The topological polar surface area (TPSA) is 35.2 Å². The Morgan fingerprint density at radius 2 is 1.70 bits per heavy atom. The lowest BCUT2D eigenvalue weighted by Gasteiger charge is -2.13. The van der Waals surface area contributed by atoms with Gasteiger partial charge in [0.15, 0.2) is 0 Å². The average molecular weight is 285 g/mol. The van der Waals surface area contributed by atoms with Gasteiger partial charge in [0.1, 0.15) is 16.5 Å². The lowest BCUT2D eigenvalue weighted by Crippen LogP contribution is -2.10. The van der Waals surface area contributed by atoms with E-state index in [1.165, 1.54) is 11.1 Å². The zero-order valence-corrected chi connectivity index (χ0v) is 13.1. The van der Waals surface area contributed by atoms with Crippen LogP contribution in [0.2, 0.25) is 0 Å². The highest BCUT2D eigenvalue weighted by atomic mass is 32.1. The molecular formula is C17H19NOS. The maximum atomic E-state index is 6.00. The Morgan fingerprint density at radius 3 is 2.30 bits per heavy atom. The molecular weight excluding hydrogens is 266 g/mol. The van der Waals surface area contributed by atoms with Crippen molar-refractivity contribution in [2.45, 2.75) is 27.7 Å². The van der Waals surface area contributed by atoms with Crippen LogP contribution >= 0.6 is 12.2 Å². The van der Waals surface area contributed by atoms with E-state index in [0.717, 1.165) is 28.2 Å². The van der Waals surface area contributed by atoms with Gasteiger partial charge < -0.3 is 10.5 Å².